The minimum atomic E-state index is -0.579. The number of ether oxygens (including phenoxy) is 3. The van der Waals surface area contributed by atoms with Crippen LogP contribution in [0.3, 0.4) is 0 Å². The van der Waals surface area contributed by atoms with Crippen LogP contribution in [0.1, 0.15) is 39.2 Å². The first-order valence-corrected chi connectivity index (χ1v) is 7.24. The highest BCUT2D eigenvalue weighted by atomic mass is 16.6. The maximum absolute atomic E-state index is 12.0. The van der Waals surface area contributed by atoms with Gasteiger partial charge in [0.1, 0.15) is 5.60 Å². The molecule has 122 valence electrons. The molecule has 0 spiro atoms. The normalized spacial score (nSPS) is 15.9. The van der Waals surface area contributed by atoms with Gasteiger partial charge in [0.2, 0.25) is 0 Å². The molecule has 0 saturated heterocycles. The zero-order valence-electron chi connectivity index (χ0n) is 13.8. The molecule has 0 bridgehead atoms. The third-order valence-electron chi connectivity index (χ3n) is 3.48. The van der Waals surface area contributed by atoms with Gasteiger partial charge in [-0.1, -0.05) is 0 Å². The van der Waals surface area contributed by atoms with Crippen molar-refractivity contribution in [3.05, 3.63) is 17.7 Å². The molecule has 1 aliphatic rings. The van der Waals surface area contributed by atoms with E-state index in [0.29, 0.717) is 17.2 Å². The van der Waals surface area contributed by atoms with Gasteiger partial charge >= 0.3 is 6.09 Å². The van der Waals surface area contributed by atoms with Crippen LogP contribution in [0, 0.1) is 0 Å². The third-order valence-corrected chi connectivity index (χ3v) is 3.48. The van der Waals surface area contributed by atoms with Crippen LogP contribution >= 0.6 is 0 Å². The Morgan fingerprint density at radius 3 is 2.32 bits per heavy atom. The van der Waals surface area contributed by atoms with Gasteiger partial charge in [0, 0.05) is 5.54 Å². The van der Waals surface area contributed by atoms with Crippen molar-refractivity contribution in [2.75, 3.05) is 19.5 Å². The van der Waals surface area contributed by atoms with E-state index in [4.69, 9.17) is 19.9 Å². The molecule has 0 unspecified atom stereocenters. The molecular formula is C16H24N2O4. The Morgan fingerprint density at radius 2 is 1.86 bits per heavy atom. The molecule has 1 saturated carbocycles. The number of benzene rings is 1. The topological polar surface area (TPSA) is 82.8 Å². The highest BCUT2D eigenvalue weighted by Crippen LogP contribution is 2.47. The minimum Gasteiger partial charge on any atom is -0.493 e. The van der Waals surface area contributed by atoms with Crippen molar-refractivity contribution in [2.24, 2.45) is 5.73 Å². The molecule has 3 N–H and O–H groups in total. The summed E-state index contributed by atoms with van der Waals surface area (Å²) in [4.78, 5) is 12.0. The van der Waals surface area contributed by atoms with E-state index in [1.54, 1.807) is 27.9 Å². The predicted molar refractivity (Wildman–Crippen MR) is 84.5 cm³/mol. The van der Waals surface area contributed by atoms with Gasteiger partial charge < -0.3 is 19.9 Å². The van der Waals surface area contributed by atoms with Crippen molar-refractivity contribution in [1.29, 1.82) is 0 Å². The van der Waals surface area contributed by atoms with Gasteiger partial charge in [0.05, 0.1) is 19.9 Å². The van der Waals surface area contributed by atoms with Gasteiger partial charge in [-0.05, 0) is 51.3 Å². The summed E-state index contributed by atoms with van der Waals surface area (Å²) in [6.45, 7) is 5.42. The highest BCUT2D eigenvalue weighted by molar-refractivity contribution is 5.88. The summed E-state index contributed by atoms with van der Waals surface area (Å²) in [6.07, 6.45) is 1.27. The van der Waals surface area contributed by atoms with Gasteiger partial charge in [-0.15, -0.1) is 0 Å². The fourth-order valence-corrected chi connectivity index (χ4v) is 2.18. The lowest BCUT2D eigenvalue weighted by molar-refractivity contribution is 0.0635. The molecule has 1 aromatic carbocycles. The summed E-state index contributed by atoms with van der Waals surface area (Å²) in [7, 11) is 3.07. The third kappa shape index (κ3) is 3.62. The fraction of sp³-hybridized carbons (Fsp3) is 0.562. The number of methoxy groups -OCH3 is 2. The number of carbonyl (C=O) groups is 1. The van der Waals surface area contributed by atoms with E-state index in [2.05, 4.69) is 5.32 Å². The van der Waals surface area contributed by atoms with Crippen LogP contribution in [0.4, 0.5) is 10.5 Å². The summed E-state index contributed by atoms with van der Waals surface area (Å²) in [5.74, 6) is 0.976. The molecule has 1 amide bonds. The zero-order chi connectivity index (χ0) is 16.5. The molecule has 0 aromatic heterocycles. The lowest BCUT2D eigenvalue weighted by Gasteiger charge is -2.22. The number of carbonyl (C=O) groups excluding carboxylic acids is 1. The second-order valence-electron chi connectivity index (χ2n) is 6.54. The number of nitrogens with two attached hydrogens (primary N) is 1. The molecule has 6 heteroatoms. The van der Waals surface area contributed by atoms with Gasteiger partial charge in [-0.25, -0.2) is 4.79 Å². The van der Waals surface area contributed by atoms with E-state index in [-0.39, 0.29) is 5.54 Å². The first-order chi connectivity index (χ1) is 10.2. The summed E-state index contributed by atoms with van der Waals surface area (Å²) < 4.78 is 16.0. The zero-order valence-corrected chi connectivity index (χ0v) is 13.8. The van der Waals surface area contributed by atoms with Crippen molar-refractivity contribution >= 4 is 11.8 Å². The van der Waals surface area contributed by atoms with Crippen molar-refractivity contribution in [2.45, 2.75) is 44.8 Å². The monoisotopic (exact) mass is 308 g/mol. The van der Waals surface area contributed by atoms with Gasteiger partial charge in [-0.2, -0.15) is 0 Å². The highest BCUT2D eigenvalue weighted by Gasteiger charge is 2.41. The van der Waals surface area contributed by atoms with E-state index in [1.807, 2.05) is 12.1 Å². The molecule has 0 atom stereocenters. The predicted octanol–water partition coefficient (Wildman–Crippen LogP) is 3.00. The van der Waals surface area contributed by atoms with Crippen molar-refractivity contribution in [3.63, 3.8) is 0 Å². The van der Waals surface area contributed by atoms with Gasteiger partial charge in [-0.3, -0.25) is 5.32 Å². The number of nitrogens with one attached hydrogen (secondary N) is 1. The Kier molecular flexibility index (Phi) is 4.24. The second-order valence-corrected chi connectivity index (χ2v) is 6.54. The molecule has 22 heavy (non-hydrogen) atoms. The number of anilines is 1. The number of hydrogen-bond donors (Lipinski definition) is 2. The van der Waals surface area contributed by atoms with Crippen LogP contribution in [0.5, 0.6) is 11.5 Å². The molecular weight excluding hydrogens is 284 g/mol. The maximum atomic E-state index is 12.0. The molecule has 1 aromatic rings. The van der Waals surface area contributed by atoms with E-state index < -0.39 is 11.7 Å². The van der Waals surface area contributed by atoms with Crippen LogP contribution in [0.25, 0.3) is 0 Å². The summed E-state index contributed by atoms with van der Waals surface area (Å²) in [5, 5.41) is 2.71. The Labute approximate surface area is 130 Å². The van der Waals surface area contributed by atoms with Gasteiger partial charge in [0.25, 0.3) is 0 Å². The number of hydrogen-bond acceptors (Lipinski definition) is 5. The van der Waals surface area contributed by atoms with E-state index in [0.717, 1.165) is 18.4 Å². The summed E-state index contributed by atoms with van der Waals surface area (Å²) in [6, 6.07) is 3.67. The Balaban J connectivity index is 2.33. The lowest BCUT2D eigenvalue weighted by atomic mass is 10.0. The first-order valence-electron chi connectivity index (χ1n) is 7.24. The number of rotatable bonds is 4. The standard InChI is InChI=1S/C16H24N2O4/c1-15(2,3)22-14(19)18-11-8-10(16(17)6-7-16)9-12(20-4)13(11)21-5/h8-9H,6-7,17H2,1-5H3,(H,18,19). The quantitative estimate of drug-likeness (QED) is 0.893. The lowest BCUT2D eigenvalue weighted by Crippen LogP contribution is -2.27. The maximum Gasteiger partial charge on any atom is 0.412 e. The Hall–Kier alpha value is -1.95. The van der Waals surface area contributed by atoms with Crippen LogP contribution in [0.2, 0.25) is 0 Å². The van der Waals surface area contributed by atoms with Crippen molar-refractivity contribution < 1.29 is 19.0 Å². The van der Waals surface area contributed by atoms with Gasteiger partial charge in [0.15, 0.2) is 11.5 Å². The van der Waals surface area contributed by atoms with Crippen LogP contribution in [0.15, 0.2) is 12.1 Å². The molecule has 1 fully saturated rings. The molecule has 1 aliphatic carbocycles. The fourth-order valence-electron chi connectivity index (χ4n) is 2.18. The minimum absolute atomic E-state index is 0.343. The van der Waals surface area contributed by atoms with E-state index in [9.17, 15) is 4.79 Å². The van der Waals surface area contributed by atoms with Crippen molar-refractivity contribution in [3.8, 4) is 11.5 Å². The van der Waals surface area contributed by atoms with E-state index in [1.165, 1.54) is 7.11 Å². The molecule has 6 nitrogen and oxygen atoms in total. The molecule has 2 rings (SSSR count). The van der Waals surface area contributed by atoms with Crippen LogP contribution in [-0.2, 0) is 10.3 Å². The average molecular weight is 308 g/mol. The van der Waals surface area contributed by atoms with Crippen LogP contribution < -0.4 is 20.5 Å². The number of amides is 1. The Morgan fingerprint density at radius 1 is 1.23 bits per heavy atom. The molecule has 0 aliphatic heterocycles. The van der Waals surface area contributed by atoms with Crippen LogP contribution in [-0.4, -0.2) is 25.9 Å². The summed E-state index contributed by atoms with van der Waals surface area (Å²) in [5.41, 5.74) is 6.72. The summed E-state index contributed by atoms with van der Waals surface area (Å²) >= 11 is 0. The van der Waals surface area contributed by atoms with Crippen molar-refractivity contribution in [1.82, 2.24) is 0 Å². The smallest absolute Gasteiger partial charge is 0.412 e. The molecule has 0 heterocycles. The Bertz CT molecular complexity index is 574. The molecule has 0 radical (unpaired) electrons. The SMILES string of the molecule is COc1cc(C2(N)CC2)cc(NC(=O)OC(C)(C)C)c1OC. The average Bonchev–Trinajstić information content (AvgIpc) is 3.14. The first kappa shape index (κ1) is 16.4. The van der Waals surface area contributed by atoms with E-state index >= 15 is 0 Å². The second kappa shape index (κ2) is 5.68. The largest absolute Gasteiger partial charge is 0.493 e.